The summed E-state index contributed by atoms with van der Waals surface area (Å²) in [6.45, 7) is 0. The van der Waals surface area contributed by atoms with Crippen LogP contribution in [0.4, 0.5) is 18.9 Å². The Hall–Kier alpha value is -0.760. The number of alkyl halides is 3. The molecule has 0 atom stereocenters. The number of sulfonamides is 1. The standard InChI is InChI=1S/C8H7BrF3NO2S/c1-16(14,15)13-5-2-3-6(7(9)4-5)8(10,11)12/h2-4,13H,1H3. The number of nitrogens with one attached hydrogen (secondary N) is 1. The van der Waals surface area contributed by atoms with Crippen molar-refractivity contribution >= 4 is 31.6 Å². The van der Waals surface area contributed by atoms with Crippen molar-refractivity contribution in [3.63, 3.8) is 0 Å². The van der Waals surface area contributed by atoms with Crippen LogP contribution in [0, 0.1) is 0 Å². The molecule has 90 valence electrons. The minimum atomic E-state index is -4.47. The Morgan fingerprint density at radius 2 is 1.88 bits per heavy atom. The summed E-state index contributed by atoms with van der Waals surface area (Å²) in [4.78, 5) is 0. The normalized spacial score (nSPS) is 12.6. The number of anilines is 1. The van der Waals surface area contributed by atoms with Crippen molar-refractivity contribution < 1.29 is 21.6 Å². The number of rotatable bonds is 2. The summed E-state index contributed by atoms with van der Waals surface area (Å²) < 4.78 is 60.6. The lowest BCUT2D eigenvalue weighted by Gasteiger charge is -2.10. The van der Waals surface area contributed by atoms with Gasteiger partial charge in [-0.2, -0.15) is 13.2 Å². The second-order valence-electron chi connectivity index (χ2n) is 3.07. The van der Waals surface area contributed by atoms with Crippen LogP contribution in [-0.2, 0) is 16.2 Å². The fourth-order valence-electron chi connectivity index (χ4n) is 1.02. The monoisotopic (exact) mass is 317 g/mol. The first-order valence-electron chi connectivity index (χ1n) is 3.94. The van der Waals surface area contributed by atoms with E-state index < -0.39 is 21.8 Å². The van der Waals surface area contributed by atoms with E-state index in [0.717, 1.165) is 24.5 Å². The van der Waals surface area contributed by atoms with Gasteiger partial charge in [-0.05, 0) is 18.2 Å². The van der Waals surface area contributed by atoms with Crippen LogP contribution in [0.5, 0.6) is 0 Å². The van der Waals surface area contributed by atoms with E-state index in [1.54, 1.807) is 0 Å². The maximum atomic E-state index is 12.3. The molecule has 0 heterocycles. The number of hydrogen-bond acceptors (Lipinski definition) is 2. The molecule has 0 saturated carbocycles. The van der Waals surface area contributed by atoms with Gasteiger partial charge in [-0.1, -0.05) is 15.9 Å². The van der Waals surface area contributed by atoms with Gasteiger partial charge in [0.1, 0.15) is 0 Å². The molecular formula is C8H7BrF3NO2S. The van der Waals surface area contributed by atoms with Gasteiger partial charge in [-0.15, -0.1) is 0 Å². The van der Waals surface area contributed by atoms with E-state index in [1.807, 2.05) is 0 Å². The molecule has 0 unspecified atom stereocenters. The third-order valence-corrected chi connectivity index (χ3v) is 2.84. The zero-order valence-electron chi connectivity index (χ0n) is 7.97. The Morgan fingerprint density at radius 1 is 1.31 bits per heavy atom. The highest BCUT2D eigenvalue weighted by Gasteiger charge is 2.32. The molecule has 0 amide bonds. The Labute approximate surface area is 98.8 Å². The molecule has 1 rings (SSSR count). The lowest BCUT2D eigenvalue weighted by atomic mass is 10.2. The predicted molar refractivity (Wildman–Crippen MR) is 57.6 cm³/mol. The molecule has 1 aromatic rings. The smallest absolute Gasteiger partial charge is 0.284 e. The van der Waals surface area contributed by atoms with E-state index >= 15 is 0 Å². The zero-order chi connectivity index (χ0) is 12.6. The van der Waals surface area contributed by atoms with Gasteiger partial charge in [-0.25, -0.2) is 8.42 Å². The summed E-state index contributed by atoms with van der Waals surface area (Å²) in [7, 11) is -3.49. The Morgan fingerprint density at radius 3 is 2.25 bits per heavy atom. The van der Waals surface area contributed by atoms with Gasteiger partial charge < -0.3 is 0 Å². The van der Waals surface area contributed by atoms with Crippen molar-refractivity contribution in [3.8, 4) is 0 Å². The maximum Gasteiger partial charge on any atom is 0.417 e. The number of hydrogen-bond donors (Lipinski definition) is 1. The van der Waals surface area contributed by atoms with Gasteiger partial charge >= 0.3 is 6.18 Å². The molecule has 0 radical (unpaired) electrons. The molecule has 8 heteroatoms. The second kappa shape index (κ2) is 4.25. The third-order valence-electron chi connectivity index (χ3n) is 1.58. The SMILES string of the molecule is CS(=O)(=O)Nc1ccc(C(F)(F)F)c(Br)c1. The molecule has 0 aliphatic rings. The molecular weight excluding hydrogens is 311 g/mol. The molecule has 0 aliphatic carbocycles. The maximum absolute atomic E-state index is 12.3. The minimum absolute atomic E-state index is 0.0716. The Balaban J connectivity index is 3.10. The van der Waals surface area contributed by atoms with E-state index in [-0.39, 0.29) is 10.2 Å². The molecule has 0 spiro atoms. The average Bonchev–Trinajstić information content (AvgIpc) is 1.97. The minimum Gasteiger partial charge on any atom is -0.284 e. The molecule has 0 fully saturated rings. The van der Waals surface area contributed by atoms with Crippen molar-refractivity contribution in [1.82, 2.24) is 0 Å². The molecule has 3 nitrogen and oxygen atoms in total. The summed E-state index contributed by atoms with van der Waals surface area (Å²) >= 11 is 2.74. The second-order valence-corrected chi connectivity index (χ2v) is 5.67. The molecule has 0 aromatic heterocycles. The highest BCUT2D eigenvalue weighted by atomic mass is 79.9. The van der Waals surface area contributed by atoms with Crippen LogP contribution in [0.15, 0.2) is 22.7 Å². The summed E-state index contributed by atoms with van der Waals surface area (Å²) in [5, 5.41) is 0. The van der Waals surface area contributed by atoms with Gasteiger partial charge in [0.05, 0.1) is 11.8 Å². The van der Waals surface area contributed by atoms with Gasteiger partial charge in [0.15, 0.2) is 0 Å². The predicted octanol–water partition coefficient (Wildman–Crippen LogP) is 2.84. The quantitative estimate of drug-likeness (QED) is 0.911. The van der Waals surface area contributed by atoms with Gasteiger partial charge in [-0.3, -0.25) is 4.72 Å². The molecule has 16 heavy (non-hydrogen) atoms. The highest BCUT2D eigenvalue weighted by Crippen LogP contribution is 2.36. The van der Waals surface area contributed by atoms with Crippen LogP contribution in [0.1, 0.15) is 5.56 Å². The zero-order valence-corrected chi connectivity index (χ0v) is 10.4. The summed E-state index contributed by atoms with van der Waals surface area (Å²) in [5.74, 6) is 0. The Bertz CT molecular complexity index is 498. The average molecular weight is 318 g/mol. The third kappa shape index (κ3) is 3.67. The molecule has 1 aromatic carbocycles. The fraction of sp³-hybridized carbons (Fsp3) is 0.250. The van der Waals surface area contributed by atoms with E-state index in [0.29, 0.717) is 0 Å². The van der Waals surface area contributed by atoms with E-state index in [9.17, 15) is 21.6 Å². The van der Waals surface area contributed by atoms with Crippen molar-refractivity contribution in [1.29, 1.82) is 0 Å². The van der Waals surface area contributed by atoms with E-state index in [1.165, 1.54) is 0 Å². The molecule has 0 saturated heterocycles. The summed E-state index contributed by atoms with van der Waals surface area (Å²) in [6, 6.07) is 2.91. The van der Waals surface area contributed by atoms with Crippen molar-refractivity contribution in [2.75, 3.05) is 11.0 Å². The van der Waals surface area contributed by atoms with Gasteiger partial charge in [0, 0.05) is 10.2 Å². The van der Waals surface area contributed by atoms with Crippen LogP contribution < -0.4 is 4.72 Å². The number of benzene rings is 1. The fourth-order valence-corrected chi connectivity index (χ4v) is 2.18. The lowest BCUT2D eigenvalue weighted by molar-refractivity contribution is -0.138. The van der Waals surface area contributed by atoms with Crippen LogP contribution in [-0.4, -0.2) is 14.7 Å². The molecule has 0 aliphatic heterocycles. The Kier molecular flexibility index (Phi) is 3.53. The van der Waals surface area contributed by atoms with Crippen LogP contribution in [0.25, 0.3) is 0 Å². The van der Waals surface area contributed by atoms with Crippen molar-refractivity contribution in [3.05, 3.63) is 28.2 Å². The number of halogens is 4. The lowest BCUT2D eigenvalue weighted by Crippen LogP contribution is -2.11. The molecule has 0 bridgehead atoms. The summed E-state index contributed by atoms with van der Waals surface area (Å²) in [6.07, 6.45) is -3.55. The molecule has 1 N–H and O–H groups in total. The van der Waals surface area contributed by atoms with Gasteiger partial charge in [0.2, 0.25) is 10.0 Å². The first-order valence-corrected chi connectivity index (χ1v) is 6.62. The van der Waals surface area contributed by atoms with Gasteiger partial charge in [0.25, 0.3) is 0 Å². The van der Waals surface area contributed by atoms with Crippen molar-refractivity contribution in [2.24, 2.45) is 0 Å². The first-order chi connectivity index (χ1) is 7.09. The van der Waals surface area contributed by atoms with E-state index in [2.05, 4.69) is 20.7 Å². The van der Waals surface area contributed by atoms with Crippen LogP contribution >= 0.6 is 15.9 Å². The highest BCUT2D eigenvalue weighted by molar-refractivity contribution is 9.10. The largest absolute Gasteiger partial charge is 0.417 e. The van der Waals surface area contributed by atoms with E-state index in [4.69, 9.17) is 0 Å². The first kappa shape index (κ1) is 13.3. The summed E-state index contributed by atoms with van der Waals surface area (Å²) in [5.41, 5.74) is -0.783. The van der Waals surface area contributed by atoms with Crippen LogP contribution in [0.2, 0.25) is 0 Å². The van der Waals surface area contributed by atoms with Crippen molar-refractivity contribution in [2.45, 2.75) is 6.18 Å². The van der Waals surface area contributed by atoms with Crippen LogP contribution in [0.3, 0.4) is 0 Å². The topological polar surface area (TPSA) is 46.2 Å².